The van der Waals surface area contributed by atoms with E-state index in [9.17, 15) is 9.59 Å². The lowest BCUT2D eigenvalue weighted by molar-refractivity contribution is 0.0530. The molecular formula is C14H16N2O3. The van der Waals surface area contributed by atoms with Gasteiger partial charge in [-0.15, -0.1) is 0 Å². The first-order chi connectivity index (χ1) is 8.97. The maximum absolute atomic E-state index is 12.0. The molecule has 100 valence electrons. The molecule has 0 unspecified atom stereocenters. The summed E-state index contributed by atoms with van der Waals surface area (Å²) in [5.41, 5.74) is 8.29. The van der Waals surface area contributed by atoms with Gasteiger partial charge in [0.25, 0.3) is 0 Å². The van der Waals surface area contributed by atoms with Gasteiger partial charge in [0.2, 0.25) is 0 Å². The monoisotopic (exact) mass is 260 g/mol. The Labute approximate surface area is 111 Å². The molecule has 0 saturated carbocycles. The number of pyridine rings is 1. The lowest BCUT2D eigenvalue weighted by Gasteiger charge is -2.02. The van der Waals surface area contributed by atoms with Gasteiger partial charge in [-0.2, -0.15) is 0 Å². The number of esters is 1. The van der Waals surface area contributed by atoms with Crippen molar-refractivity contribution >= 4 is 23.0 Å². The highest BCUT2D eigenvalue weighted by Gasteiger charge is 2.24. The molecule has 19 heavy (non-hydrogen) atoms. The van der Waals surface area contributed by atoms with E-state index in [0.717, 1.165) is 5.56 Å². The van der Waals surface area contributed by atoms with Crippen LogP contribution in [-0.4, -0.2) is 22.8 Å². The quantitative estimate of drug-likeness (QED) is 0.678. The van der Waals surface area contributed by atoms with Crippen molar-refractivity contribution in [1.29, 1.82) is 0 Å². The first-order valence-corrected chi connectivity index (χ1v) is 6.05. The van der Waals surface area contributed by atoms with Crippen LogP contribution in [0.5, 0.6) is 0 Å². The Morgan fingerprint density at radius 2 is 2.11 bits per heavy atom. The van der Waals surface area contributed by atoms with Crippen molar-refractivity contribution in [3.63, 3.8) is 0 Å². The summed E-state index contributed by atoms with van der Waals surface area (Å²) in [6.45, 7) is 5.32. The van der Waals surface area contributed by atoms with E-state index >= 15 is 0 Å². The fourth-order valence-corrected chi connectivity index (χ4v) is 2.16. The number of hydrogen-bond acceptors (Lipinski definition) is 4. The van der Waals surface area contributed by atoms with Crippen LogP contribution < -0.4 is 5.73 Å². The van der Waals surface area contributed by atoms with Crippen LogP contribution in [0.1, 0.15) is 40.3 Å². The second-order valence-electron chi connectivity index (χ2n) is 4.37. The fraction of sp³-hybridized carbons (Fsp3) is 0.286. The average Bonchev–Trinajstić information content (AvgIpc) is 2.60. The summed E-state index contributed by atoms with van der Waals surface area (Å²) in [5, 5.41) is 0. The number of Topliss-reactive ketones (excluding diaryl/α,β-unsaturated/α-hetero) is 1. The molecule has 0 aromatic carbocycles. The number of nitrogens with zero attached hydrogens (tertiary/aromatic N) is 1. The molecule has 0 saturated heterocycles. The minimum absolute atomic E-state index is 0.177. The van der Waals surface area contributed by atoms with Gasteiger partial charge in [0.15, 0.2) is 5.78 Å². The largest absolute Gasteiger partial charge is 0.462 e. The van der Waals surface area contributed by atoms with Crippen LogP contribution in [0.4, 0.5) is 5.69 Å². The topological polar surface area (TPSA) is 73.8 Å². The highest BCUT2D eigenvalue weighted by atomic mass is 16.5. The van der Waals surface area contributed by atoms with Gasteiger partial charge in [-0.1, -0.05) is 0 Å². The van der Waals surface area contributed by atoms with Crippen LogP contribution >= 0.6 is 0 Å². The molecule has 0 atom stereocenters. The Hall–Kier alpha value is -2.30. The lowest BCUT2D eigenvalue weighted by Crippen LogP contribution is -2.07. The average molecular weight is 260 g/mol. The van der Waals surface area contributed by atoms with Gasteiger partial charge < -0.3 is 14.9 Å². The molecule has 0 aliphatic rings. The summed E-state index contributed by atoms with van der Waals surface area (Å²) in [6.07, 6.45) is 1.74. The predicted molar refractivity (Wildman–Crippen MR) is 72.5 cm³/mol. The Morgan fingerprint density at radius 1 is 1.42 bits per heavy atom. The molecule has 0 fully saturated rings. The van der Waals surface area contributed by atoms with Gasteiger partial charge in [0.05, 0.1) is 17.8 Å². The predicted octanol–water partition coefficient (Wildman–Crippen LogP) is 2.21. The number of aromatic nitrogens is 1. The first-order valence-electron chi connectivity index (χ1n) is 6.05. The summed E-state index contributed by atoms with van der Waals surface area (Å²) < 4.78 is 6.64. The molecule has 2 heterocycles. The third kappa shape index (κ3) is 2.07. The van der Waals surface area contributed by atoms with Crippen molar-refractivity contribution in [3.05, 3.63) is 35.2 Å². The Morgan fingerprint density at radius 3 is 2.68 bits per heavy atom. The molecule has 0 aliphatic carbocycles. The second kappa shape index (κ2) is 4.76. The van der Waals surface area contributed by atoms with E-state index in [-0.39, 0.29) is 23.6 Å². The number of nitrogen functional groups attached to an aromatic ring is 1. The zero-order valence-electron chi connectivity index (χ0n) is 11.2. The molecule has 2 aromatic rings. The maximum Gasteiger partial charge on any atom is 0.342 e. The Kier molecular flexibility index (Phi) is 3.29. The highest BCUT2D eigenvalue weighted by molar-refractivity contribution is 6.10. The SMILES string of the molecule is CCOC(=O)c1c(N)c(C(C)=O)n2ccc(C)cc12. The van der Waals surface area contributed by atoms with Crippen LogP contribution in [0.2, 0.25) is 0 Å². The summed E-state index contributed by atoms with van der Waals surface area (Å²) in [5.74, 6) is -0.692. The number of carbonyl (C=O) groups excluding carboxylic acids is 2. The van der Waals surface area contributed by atoms with E-state index in [1.165, 1.54) is 6.92 Å². The van der Waals surface area contributed by atoms with Crippen LogP contribution in [0, 0.1) is 6.92 Å². The summed E-state index contributed by atoms with van der Waals surface area (Å²) in [6, 6.07) is 3.67. The van der Waals surface area contributed by atoms with Crippen molar-refractivity contribution in [2.75, 3.05) is 12.3 Å². The van der Waals surface area contributed by atoms with E-state index in [2.05, 4.69) is 0 Å². The summed E-state index contributed by atoms with van der Waals surface area (Å²) in [4.78, 5) is 23.7. The number of aryl methyl sites for hydroxylation is 1. The van der Waals surface area contributed by atoms with Gasteiger partial charge in [-0.05, 0) is 31.5 Å². The number of nitrogens with two attached hydrogens (primary N) is 1. The van der Waals surface area contributed by atoms with Gasteiger partial charge in [0.1, 0.15) is 11.3 Å². The molecule has 0 radical (unpaired) electrons. The van der Waals surface area contributed by atoms with Gasteiger partial charge in [-0.25, -0.2) is 4.79 Å². The standard InChI is InChI=1S/C14H16N2O3/c1-4-19-14(18)11-10-7-8(2)5-6-16(10)13(9(3)17)12(11)15/h5-7H,4,15H2,1-3H3. The van der Waals surface area contributed by atoms with Crippen molar-refractivity contribution < 1.29 is 14.3 Å². The normalized spacial score (nSPS) is 10.7. The highest BCUT2D eigenvalue weighted by Crippen LogP contribution is 2.28. The van der Waals surface area contributed by atoms with E-state index in [4.69, 9.17) is 10.5 Å². The minimum Gasteiger partial charge on any atom is -0.462 e. The lowest BCUT2D eigenvalue weighted by atomic mass is 10.2. The van der Waals surface area contributed by atoms with Crippen LogP contribution in [-0.2, 0) is 4.74 Å². The Balaban J connectivity index is 2.81. The molecule has 0 spiro atoms. The summed E-state index contributed by atoms with van der Waals surface area (Å²) in [7, 11) is 0. The second-order valence-corrected chi connectivity index (χ2v) is 4.37. The third-order valence-electron chi connectivity index (χ3n) is 2.94. The number of fused-ring (bicyclic) bond motifs is 1. The molecule has 0 amide bonds. The van der Waals surface area contributed by atoms with Crippen LogP contribution in [0.25, 0.3) is 5.52 Å². The van der Waals surface area contributed by atoms with Crippen molar-refractivity contribution in [2.24, 2.45) is 0 Å². The minimum atomic E-state index is -0.504. The van der Waals surface area contributed by atoms with E-state index in [0.29, 0.717) is 11.2 Å². The molecule has 5 heteroatoms. The van der Waals surface area contributed by atoms with Crippen molar-refractivity contribution in [3.8, 4) is 0 Å². The number of rotatable bonds is 3. The zero-order valence-corrected chi connectivity index (χ0v) is 11.2. The molecule has 0 aliphatic heterocycles. The zero-order chi connectivity index (χ0) is 14.2. The number of ketones is 1. The smallest absolute Gasteiger partial charge is 0.342 e. The first kappa shape index (κ1) is 13.1. The third-order valence-corrected chi connectivity index (χ3v) is 2.94. The van der Waals surface area contributed by atoms with E-state index in [1.807, 2.05) is 19.1 Å². The maximum atomic E-state index is 12.0. The fourth-order valence-electron chi connectivity index (χ4n) is 2.16. The van der Waals surface area contributed by atoms with Gasteiger partial charge in [-0.3, -0.25) is 4.79 Å². The van der Waals surface area contributed by atoms with Crippen LogP contribution in [0.15, 0.2) is 18.3 Å². The van der Waals surface area contributed by atoms with E-state index < -0.39 is 5.97 Å². The molecule has 2 aromatic heterocycles. The van der Waals surface area contributed by atoms with Crippen LogP contribution in [0.3, 0.4) is 0 Å². The summed E-state index contributed by atoms with van der Waals surface area (Å²) >= 11 is 0. The molecule has 2 rings (SSSR count). The number of hydrogen-bond donors (Lipinski definition) is 1. The number of carbonyl (C=O) groups is 2. The molecule has 0 bridgehead atoms. The number of anilines is 1. The molecule has 2 N–H and O–H groups in total. The number of ether oxygens (including phenoxy) is 1. The van der Waals surface area contributed by atoms with Gasteiger partial charge in [0, 0.05) is 13.1 Å². The Bertz CT molecular complexity index is 671. The molecule has 5 nitrogen and oxygen atoms in total. The van der Waals surface area contributed by atoms with Gasteiger partial charge >= 0.3 is 5.97 Å². The van der Waals surface area contributed by atoms with Crippen molar-refractivity contribution in [2.45, 2.75) is 20.8 Å². The van der Waals surface area contributed by atoms with E-state index in [1.54, 1.807) is 17.5 Å². The van der Waals surface area contributed by atoms with Crippen molar-refractivity contribution in [1.82, 2.24) is 4.40 Å². The molecular weight excluding hydrogens is 244 g/mol.